The average molecular weight is 200 g/mol. The molecule has 80 valence electrons. The second-order valence-corrected chi connectivity index (χ2v) is 3.04. The van der Waals surface area contributed by atoms with Crippen molar-refractivity contribution in [3.63, 3.8) is 0 Å². The van der Waals surface area contributed by atoms with Gasteiger partial charge in [-0.3, -0.25) is 0 Å². The summed E-state index contributed by atoms with van der Waals surface area (Å²) in [5.41, 5.74) is 0. The van der Waals surface area contributed by atoms with Gasteiger partial charge in [0.2, 0.25) is 5.89 Å². The van der Waals surface area contributed by atoms with Gasteiger partial charge in [0, 0.05) is 13.0 Å². The molecule has 0 amide bonds. The van der Waals surface area contributed by atoms with E-state index in [1.807, 2.05) is 6.92 Å². The van der Waals surface area contributed by atoms with Gasteiger partial charge in [-0.15, -0.1) is 0 Å². The van der Waals surface area contributed by atoms with Crippen LogP contribution in [0.3, 0.4) is 0 Å². The number of hydrogen-bond donors (Lipinski definition) is 3. The number of aryl methyl sites for hydroxylation is 1. The number of rotatable bonds is 6. The predicted octanol–water partition coefficient (Wildman–Crippen LogP) is -0.320. The maximum absolute atomic E-state index is 9.02. The van der Waals surface area contributed by atoms with Crippen molar-refractivity contribution in [3.05, 3.63) is 17.8 Å². The van der Waals surface area contributed by atoms with E-state index in [1.54, 1.807) is 6.20 Å². The molecule has 0 fully saturated rings. The summed E-state index contributed by atoms with van der Waals surface area (Å²) in [5.74, 6) is 1.46. The number of aromatic nitrogens is 1. The number of aliphatic hydroxyl groups is 2. The summed E-state index contributed by atoms with van der Waals surface area (Å²) in [6.45, 7) is 2.56. The summed E-state index contributed by atoms with van der Waals surface area (Å²) < 4.78 is 5.33. The molecular weight excluding hydrogens is 184 g/mol. The van der Waals surface area contributed by atoms with Crippen LogP contribution in [0.1, 0.15) is 18.6 Å². The van der Waals surface area contributed by atoms with Gasteiger partial charge in [0.25, 0.3) is 0 Å². The molecule has 0 aliphatic carbocycles. The SMILES string of the molecule is CCc1cnc(CNC[C@H](O)CO)o1. The van der Waals surface area contributed by atoms with E-state index in [0.717, 1.165) is 12.2 Å². The zero-order chi connectivity index (χ0) is 10.4. The van der Waals surface area contributed by atoms with E-state index >= 15 is 0 Å². The molecule has 0 saturated carbocycles. The van der Waals surface area contributed by atoms with Crippen molar-refractivity contribution in [2.24, 2.45) is 0 Å². The van der Waals surface area contributed by atoms with Gasteiger partial charge >= 0.3 is 0 Å². The van der Waals surface area contributed by atoms with Crippen LogP contribution in [-0.2, 0) is 13.0 Å². The molecule has 0 unspecified atom stereocenters. The first-order valence-electron chi connectivity index (χ1n) is 4.69. The van der Waals surface area contributed by atoms with Gasteiger partial charge in [-0.1, -0.05) is 6.92 Å². The molecule has 1 aromatic rings. The van der Waals surface area contributed by atoms with E-state index in [0.29, 0.717) is 19.0 Å². The van der Waals surface area contributed by atoms with E-state index in [9.17, 15) is 0 Å². The third-order valence-corrected chi connectivity index (χ3v) is 1.82. The first-order valence-corrected chi connectivity index (χ1v) is 4.69. The zero-order valence-corrected chi connectivity index (χ0v) is 8.23. The van der Waals surface area contributed by atoms with Gasteiger partial charge in [-0.25, -0.2) is 4.98 Å². The third kappa shape index (κ3) is 3.45. The summed E-state index contributed by atoms with van der Waals surface area (Å²) in [5, 5.41) is 20.5. The fourth-order valence-electron chi connectivity index (χ4n) is 1.00. The Morgan fingerprint density at radius 1 is 1.64 bits per heavy atom. The molecule has 0 radical (unpaired) electrons. The maximum Gasteiger partial charge on any atom is 0.208 e. The lowest BCUT2D eigenvalue weighted by atomic mass is 10.4. The zero-order valence-electron chi connectivity index (χ0n) is 8.23. The first kappa shape index (κ1) is 11.2. The Morgan fingerprint density at radius 3 is 3.00 bits per heavy atom. The van der Waals surface area contributed by atoms with Crippen LogP contribution in [0, 0.1) is 0 Å². The van der Waals surface area contributed by atoms with Crippen molar-refractivity contribution in [2.45, 2.75) is 26.0 Å². The van der Waals surface area contributed by atoms with Gasteiger partial charge in [-0.2, -0.15) is 0 Å². The number of nitrogens with zero attached hydrogens (tertiary/aromatic N) is 1. The van der Waals surface area contributed by atoms with Crippen molar-refractivity contribution < 1.29 is 14.6 Å². The number of hydrogen-bond acceptors (Lipinski definition) is 5. The van der Waals surface area contributed by atoms with E-state index in [-0.39, 0.29) is 6.61 Å². The van der Waals surface area contributed by atoms with E-state index in [1.165, 1.54) is 0 Å². The normalized spacial score (nSPS) is 13.1. The molecule has 0 aliphatic heterocycles. The average Bonchev–Trinajstić information content (AvgIpc) is 2.65. The van der Waals surface area contributed by atoms with Crippen LogP contribution in [0.25, 0.3) is 0 Å². The summed E-state index contributed by atoms with van der Waals surface area (Å²) in [4.78, 5) is 4.04. The topological polar surface area (TPSA) is 78.5 Å². The van der Waals surface area contributed by atoms with Gasteiger partial charge < -0.3 is 19.9 Å². The van der Waals surface area contributed by atoms with Crippen molar-refractivity contribution >= 4 is 0 Å². The third-order valence-electron chi connectivity index (χ3n) is 1.82. The van der Waals surface area contributed by atoms with E-state index < -0.39 is 6.10 Å². The highest BCUT2D eigenvalue weighted by molar-refractivity contribution is 4.93. The largest absolute Gasteiger partial charge is 0.444 e. The minimum atomic E-state index is -0.726. The first-order chi connectivity index (χ1) is 6.76. The van der Waals surface area contributed by atoms with Crippen molar-refractivity contribution in [1.29, 1.82) is 0 Å². The highest BCUT2D eigenvalue weighted by Crippen LogP contribution is 2.03. The van der Waals surface area contributed by atoms with Gasteiger partial charge in [0.1, 0.15) is 5.76 Å². The lowest BCUT2D eigenvalue weighted by Crippen LogP contribution is -2.28. The van der Waals surface area contributed by atoms with Crippen molar-refractivity contribution in [2.75, 3.05) is 13.2 Å². The molecule has 0 bridgehead atoms. The lowest BCUT2D eigenvalue weighted by Gasteiger charge is -2.06. The van der Waals surface area contributed by atoms with Gasteiger partial charge in [0.05, 0.1) is 25.5 Å². The molecule has 14 heavy (non-hydrogen) atoms. The molecule has 1 heterocycles. The lowest BCUT2D eigenvalue weighted by molar-refractivity contribution is 0.0937. The van der Waals surface area contributed by atoms with Gasteiger partial charge in [-0.05, 0) is 0 Å². The highest BCUT2D eigenvalue weighted by Gasteiger charge is 2.04. The Kier molecular flexibility index (Phi) is 4.58. The van der Waals surface area contributed by atoms with Crippen LogP contribution in [0.2, 0.25) is 0 Å². The molecule has 0 aliphatic rings. The predicted molar refractivity (Wildman–Crippen MR) is 50.7 cm³/mol. The molecule has 0 aromatic carbocycles. The summed E-state index contributed by atoms with van der Waals surface area (Å²) in [6, 6.07) is 0. The van der Waals surface area contributed by atoms with Gasteiger partial charge in [0.15, 0.2) is 0 Å². The highest BCUT2D eigenvalue weighted by atomic mass is 16.4. The smallest absolute Gasteiger partial charge is 0.208 e. The second-order valence-electron chi connectivity index (χ2n) is 3.04. The minimum absolute atomic E-state index is 0.237. The molecule has 3 N–H and O–H groups in total. The fraction of sp³-hybridized carbons (Fsp3) is 0.667. The maximum atomic E-state index is 9.02. The van der Waals surface area contributed by atoms with Crippen LogP contribution in [0.5, 0.6) is 0 Å². The van der Waals surface area contributed by atoms with Crippen LogP contribution in [0.15, 0.2) is 10.6 Å². The number of oxazole rings is 1. The number of aliphatic hydroxyl groups excluding tert-OH is 2. The molecule has 1 rings (SSSR count). The summed E-state index contributed by atoms with van der Waals surface area (Å²) >= 11 is 0. The van der Waals surface area contributed by atoms with E-state index in [4.69, 9.17) is 14.6 Å². The van der Waals surface area contributed by atoms with Crippen LogP contribution in [0.4, 0.5) is 0 Å². The van der Waals surface area contributed by atoms with Crippen LogP contribution in [-0.4, -0.2) is 34.5 Å². The molecule has 1 aromatic heterocycles. The minimum Gasteiger partial charge on any atom is -0.444 e. The summed E-state index contributed by atoms with van der Waals surface area (Å²) in [7, 11) is 0. The van der Waals surface area contributed by atoms with E-state index in [2.05, 4.69) is 10.3 Å². The Bertz CT molecular complexity index is 262. The Morgan fingerprint density at radius 2 is 2.43 bits per heavy atom. The number of nitrogens with one attached hydrogen (secondary N) is 1. The standard InChI is InChI=1S/C9H16N2O3/c1-2-8-4-11-9(14-8)5-10-3-7(13)6-12/h4,7,10,12-13H,2-3,5-6H2,1H3/t7-/m0/s1. The summed E-state index contributed by atoms with van der Waals surface area (Å²) in [6.07, 6.45) is 1.79. The van der Waals surface area contributed by atoms with Crippen LogP contribution < -0.4 is 5.32 Å². The molecule has 0 saturated heterocycles. The molecule has 5 heteroatoms. The Labute approximate surface area is 82.8 Å². The second kappa shape index (κ2) is 5.74. The molecule has 1 atom stereocenters. The Balaban J connectivity index is 2.24. The fourth-order valence-corrected chi connectivity index (χ4v) is 1.00. The molecule has 0 spiro atoms. The monoisotopic (exact) mass is 200 g/mol. The van der Waals surface area contributed by atoms with Crippen molar-refractivity contribution in [1.82, 2.24) is 10.3 Å². The molecule has 5 nitrogen and oxygen atoms in total. The van der Waals surface area contributed by atoms with Crippen molar-refractivity contribution in [3.8, 4) is 0 Å². The van der Waals surface area contributed by atoms with Crippen LogP contribution >= 0.6 is 0 Å². The quantitative estimate of drug-likeness (QED) is 0.586. The molecular formula is C9H16N2O3. The Hall–Kier alpha value is -0.910.